The lowest BCUT2D eigenvalue weighted by Crippen LogP contribution is -2.47. The Balaban J connectivity index is 2.17. The van der Waals surface area contributed by atoms with Gasteiger partial charge in [-0.15, -0.1) is 0 Å². The summed E-state index contributed by atoms with van der Waals surface area (Å²) in [6.45, 7) is 0.500. The van der Waals surface area contributed by atoms with Crippen molar-refractivity contribution in [2.45, 2.75) is 31.2 Å². The fourth-order valence-electron chi connectivity index (χ4n) is 2.87. The van der Waals surface area contributed by atoms with Gasteiger partial charge in [0.05, 0.1) is 11.6 Å². The molecule has 20 heavy (non-hydrogen) atoms. The van der Waals surface area contributed by atoms with E-state index in [2.05, 4.69) is 10.2 Å². The van der Waals surface area contributed by atoms with E-state index in [4.69, 9.17) is 5.26 Å². The predicted octanol–water partition coefficient (Wildman–Crippen LogP) is 3.12. The van der Waals surface area contributed by atoms with E-state index in [1.54, 1.807) is 6.07 Å². The van der Waals surface area contributed by atoms with Gasteiger partial charge in [-0.25, -0.2) is 8.78 Å². The maximum atomic E-state index is 13.8. The number of nitrogens with one attached hydrogen (secondary N) is 1. The molecule has 1 N–H and O–H groups in total. The minimum absolute atomic E-state index is 0.00580. The molecule has 108 valence electrons. The van der Waals surface area contributed by atoms with Crippen LogP contribution in [-0.2, 0) is 0 Å². The second-order valence-corrected chi connectivity index (χ2v) is 5.61. The van der Waals surface area contributed by atoms with Crippen LogP contribution in [0.25, 0.3) is 0 Å². The molecule has 5 heteroatoms. The average molecular weight is 279 g/mol. The van der Waals surface area contributed by atoms with E-state index in [-0.39, 0.29) is 16.8 Å². The van der Waals surface area contributed by atoms with Crippen molar-refractivity contribution >= 4 is 5.69 Å². The number of nitrogens with zero attached hydrogens (tertiary/aromatic N) is 2. The van der Waals surface area contributed by atoms with Gasteiger partial charge in [-0.05, 0) is 39.1 Å². The number of hydrogen-bond acceptors (Lipinski definition) is 3. The third-order valence-electron chi connectivity index (χ3n) is 4.25. The van der Waals surface area contributed by atoms with E-state index in [0.717, 1.165) is 37.8 Å². The Morgan fingerprint density at radius 2 is 1.80 bits per heavy atom. The highest BCUT2D eigenvalue weighted by molar-refractivity contribution is 5.50. The highest BCUT2D eigenvalue weighted by Crippen LogP contribution is 2.34. The van der Waals surface area contributed by atoms with Crippen molar-refractivity contribution < 1.29 is 8.78 Å². The van der Waals surface area contributed by atoms with Gasteiger partial charge in [-0.1, -0.05) is 12.8 Å². The molecule has 1 fully saturated rings. The first-order chi connectivity index (χ1) is 9.48. The minimum atomic E-state index is -0.714. The van der Waals surface area contributed by atoms with Crippen molar-refractivity contribution in [1.82, 2.24) is 4.90 Å². The smallest absolute Gasteiger partial charge is 0.150 e. The maximum Gasteiger partial charge on any atom is 0.150 e. The molecule has 3 nitrogen and oxygen atoms in total. The zero-order valence-electron chi connectivity index (χ0n) is 11.8. The summed E-state index contributed by atoms with van der Waals surface area (Å²) in [7, 11) is 4.00. The van der Waals surface area contributed by atoms with Gasteiger partial charge >= 0.3 is 0 Å². The van der Waals surface area contributed by atoms with Crippen LogP contribution < -0.4 is 5.32 Å². The Labute approximate surface area is 118 Å². The summed E-state index contributed by atoms with van der Waals surface area (Å²) in [6.07, 6.45) is 4.31. The van der Waals surface area contributed by atoms with E-state index in [1.165, 1.54) is 0 Å². The zero-order valence-corrected chi connectivity index (χ0v) is 11.8. The first-order valence-electron chi connectivity index (χ1n) is 6.79. The Hall–Kier alpha value is -1.67. The molecule has 1 saturated carbocycles. The predicted molar refractivity (Wildman–Crippen MR) is 74.4 cm³/mol. The van der Waals surface area contributed by atoms with Crippen LogP contribution in [0.3, 0.4) is 0 Å². The average Bonchev–Trinajstić information content (AvgIpc) is 2.87. The van der Waals surface area contributed by atoms with E-state index in [1.807, 2.05) is 14.1 Å². The summed E-state index contributed by atoms with van der Waals surface area (Å²) in [5.74, 6) is -1.43. The van der Waals surface area contributed by atoms with Crippen molar-refractivity contribution in [2.75, 3.05) is 26.0 Å². The molecule has 0 radical (unpaired) electrons. The normalized spacial score (nSPS) is 17.2. The molecule has 0 aromatic heterocycles. The molecule has 2 rings (SSSR count). The first-order valence-corrected chi connectivity index (χ1v) is 6.79. The lowest BCUT2D eigenvalue weighted by molar-refractivity contribution is 0.172. The summed E-state index contributed by atoms with van der Waals surface area (Å²) in [6, 6.07) is 3.86. The van der Waals surface area contributed by atoms with E-state index >= 15 is 0 Å². The second kappa shape index (κ2) is 5.76. The number of anilines is 1. The molecule has 0 unspecified atom stereocenters. The van der Waals surface area contributed by atoms with Crippen molar-refractivity contribution in [1.29, 1.82) is 5.26 Å². The van der Waals surface area contributed by atoms with E-state index < -0.39 is 11.6 Å². The molecular formula is C15H19F2N3. The highest BCUT2D eigenvalue weighted by Gasteiger charge is 2.36. The van der Waals surface area contributed by atoms with Crippen LogP contribution in [0.15, 0.2) is 12.1 Å². The van der Waals surface area contributed by atoms with Gasteiger partial charge in [-0.3, -0.25) is 0 Å². The molecule has 0 aliphatic heterocycles. The number of hydrogen-bond donors (Lipinski definition) is 1. The molecule has 0 spiro atoms. The van der Waals surface area contributed by atoms with E-state index in [9.17, 15) is 8.78 Å². The largest absolute Gasteiger partial charge is 0.378 e. The Kier molecular flexibility index (Phi) is 4.24. The van der Waals surface area contributed by atoms with Crippen LogP contribution in [0.2, 0.25) is 0 Å². The minimum Gasteiger partial charge on any atom is -0.378 e. The van der Waals surface area contributed by atoms with Gasteiger partial charge in [0.2, 0.25) is 0 Å². The maximum absolute atomic E-state index is 13.8. The summed E-state index contributed by atoms with van der Waals surface area (Å²) < 4.78 is 27.7. The lowest BCUT2D eigenvalue weighted by atomic mass is 9.96. The first kappa shape index (κ1) is 14.7. The molecule has 0 heterocycles. The molecule has 0 bridgehead atoms. The van der Waals surface area contributed by atoms with Crippen LogP contribution in [0.4, 0.5) is 14.5 Å². The third kappa shape index (κ3) is 2.75. The fourth-order valence-corrected chi connectivity index (χ4v) is 2.87. The Bertz CT molecular complexity index is 505. The van der Waals surface area contributed by atoms with Crippen LogP contribution in [0.5, 0.6) is 0 Å². The van der Waals surface area contributed by atoms with Gasteiger partial charge in [-0.2, -0.15) is 5.26 Å². The molecule has 1 aromatic rings. The summed E-state index contributed by atoms with van der Waals surface area (Å²) in [5.41, 5.74) is -0.196. The Morgan fingerprint density at radius 3 is 2.25 bits per heavy atom. The molecule has 0 atom stereocenters. The molecule has 0 amide bonds. The molecule has 1 aliphatic rings. The SMILES string of the molecule is CN(C)C1(CNc2c(F)cc(C#N)cc2F)CCCC1. The fraction of sp³-hybridized carbons (Fsp3) is 0.533. The van der Waals surface area contributed by atoms with Crippen LogP contribution >= 0.6 is 0 Å². The standard InChI is InChI=1S/C15H19F2N3/c1-20(2)15(5-3-4-6-15)10-19-14-12(16)7-11(9-18)8-13(14)17/h7-8,19H,3-6,10H2,1-2H3. The van der Waals surface area contributed by atoms with Crippen LogP contribution in [0, 0.1) is 23.0 Å². The van der Waals surface area contributed by atoms with Crippen molar-refractivity contribution in [3.63, 3.8) is 0 Å². The summed E-state index contributed by atoms with van der Waals surface area (Å²) >= 11 is 0. The van der Waals surface area contributed by atoms with Crippen molar-refractivity contribution in [2.24, 2.45) is 0 Å². The van der Waals surface area contributed by atoms with Crippen molar-refractivity contribution in [3.05, 3.63) is 29.3 Å². The third-order valence-corrected chi connectivity index (χ3v) is 4.25. The lowest BCUT2D eigenvalue weighted by Gasteiger charge is -2.36. The quantitative estimate of drug-likeness (QED) is 0.920. The van der Waals surface area contributed by atoms with Gasteiger partial charge < -0.3 is 10.2 Å². The summed E-state index contributed by atoms with van der Waals surface area (Å²) in [4.78, 5) is 2.13. The second-order valence-electron chi connectivity index (χ2n) is 5.61. The molecule has 1 aliphatic carbocycles. The van der Waals surface area contributed by atoms with Crippen molar-refractivity contribution in [3.8, 4) is 6.07 Å². The van der Waals surface area contributed by atoms with Gasteiger partial charge in [0.15, 0.2) is 11.6 Å². The number of nitriles is 1. The van der Waals surface area contributed by atoms with Crippen LogP contribution in [0.1, 0.15) is 31.2 Å². The highest BCUT2D eigenvalue weighted by atomic mass is 19.1. The van der Waals surface area contributed by atoms with E-state index in [0.29, 0.717) is 6.54 Å². The number of likely N-dealkylation sites (N-methyl/N-ethyl adjacent to an activating group) is 1. The molecule has 0 saturated heterocycles. The molecule has 1 aromatic carbocycles. The number of rotatable bonds is 4. The number of halogens is 2. The monoisotopic (exact) mass is 279 g/mol. The number of benzene rings is 1. The topological polar surface area (TPSA) is 39.1 Å². The van der Waals surface area contributed by atoms with Gasteiger partial charge in [0.1, 0.15) is 5.69 Å². The van der Waals surface area contributed by atoms with Gasteiger partial charge in [0.25, 0.3) is 0 Å². The summed E-state index contributed by atoms with van der Waals surface area (Å²) in [5, 5.41) is 11.6. The van der Waals surface area contributed by atoms with Gasteiger partial charge in [0, 0.05) is 12.1 Å². The zero-order chi connectivity index (χ0) is 14.8. The molecular weight excluding hydrogens is 260 g/mol. The van der Waals surface area contributed by atoms with Crippen LogP contribution in [-0.4, -0.2) is 31.1 Å². The Morgan fingerprint density at radius 1 is 1.25 bits per heavy atom.